The second-order valence-electron chi connectivity index (χ2n) is 9.11. The Morgan fingerprint density at radius 1 is 1.09 bits per heavy atom. The van der Waals surface area contributed by atoms with E-state index in [9.17, 15) is 18.0 Å². The molecular formula is C23H28F3N7O. The summed E-state index contributed by atoms with van der Waals surface area (Å²) in [5.74, 6) is -2.53. The van der Waals surface area contributed by atoms with Crippen LogP contribution in [0.5, 0.6) is 0 Å². The van der Waals surface area contributed by atoms with Gasteiger partial charge in [0.05, 0.1) is 6.20 Å². The van der Waals surface area contributed by atoms with Crippen LogP contribution in [-0.4, -0.2) is 50.5 Å². The van der Waals surface area contributed by atoms with Crippen LogP contribution >= 0.6 is 0 Å². The number of fused-ring (bicyclic) bond motifs is 1. The summed E-state index contributed by atoms with van der Waals surface area (Å²) in [6, 6.07) is 1.22. The molecule has 182 valence electrons. The van der Waals surface area contributed by atoms with Crippen molar-refractivity contribution in [2.45, 2.75) is 51.6 Å². The summed E-state index contributed by atoms with van der Waals surface area (Å²) in [7, 11) is 3.48. The third kappa shape index (κ3) is 4.78. The maximum atomic E-state index is 14.4. The highest BCUT2D eigenvalue weighted by Crippen LogP contribution is 2.38. The van der Waals surface area contributed by atoms with Gasteiger partial charge in [0.15, 0.2) is 17.3 Å². The van der Waals surface area contributed by atoms with Crippen molar-refractivity contribution in [1.82, 2.24) is 24.4 Å². The first-order chi connectivity index (χ1) is 16.1. The minimum atomic E-state index is -1.07. The Morgan fingerprint density at radius 2 is 1.74 bits per heavy atom. The van der Waals surface area contributed by atoms with E-state index in [-0.39, 0.29) is 29.9 Å². The molecule has 4 rings (SSSR count). The molecule has 2 aromatic heterocycles. The minimum absolute atomic E-state index is 0.0720. The van der Waals surface area contributed by atoms with Gasteiger partial charge in [0.2, 0.25) is 17.8 Å². The van der Waals surface area contributed by atoms with E-state index in [1.165, 1.54) is 0 Å². The summed E-state index contributed by atoms with van der Waals surface area (Å²) in [5.41, 5.74) is 0.458. The van der Waals surface area contributed by atoms with Gasteiger partial charge in [-0.2, -0.15) is 4.98 Å². The van der Waals surface area contributed by atoms with E-state index >= 15 is 0 Å². The van der Waals surface area contributed by atoms with Crippen LogP contribution in [0.15, 0.2) is 18.3 Å². The molecule has 0 aliphatic heterocycles. The number of nitrogens with zero attached hydrogens (tertiary/aromatic N) is 5. The number of hydrogen-bond donors (Lipinski definition) is 2. The van der Waals surface area contributed by atoms with Gasteiger partial charge in [0.25, 0.3) is 0 Å². The molecule has 1 aromatic carbocycles. The number of halogens is 3. The van der Waals surface area contributed by atoms with Crippen molar-refractivity contribution in [1.29, 1.82) is 0 Å². The number of aromatic nitrogens is 4. The Morgan fingerprint density at radius 3 is 2.32 bits per heavy atom. The molecular weight excluding hydrogens is 447 g/mol. The van der Waals surface area contributed by atoms with Crippen molar-refractivity contribution in [2.24, 2.45) is 5.92 Å². The number of nitrogens with one attached hydrogen (secondary N) is 2. The Bertz CT molecular complexity index is 1180. The number of carbonyl (C=O) groups is 1. The van der Waals surface area contributed by atoms with E-state index in [0.717, 1.165) is 0 Å². The molecule has 1 aliphatic rings. The number of carbonyl (C=O) groups excluding carboxylic acids is 1. The van der Waals surface area contributed by atoms with Gasteiger partial charge in [-0.1, -0.05) is 0 Å². The largest absolute Gasteiger partial charge is 0.352 e. The molecule has 0 radical (unpaired) electrons. The summed E-state index contributed by atoms with van der Waals surface area (Å²) >= 11 is 0. The molecule has 0 saturated heterocycles. The summed E-state index contributed by atoms with van der Waals surface area (Å²) in [6.07, 6.45) is 4.21. The molecule has 34 heavy (non-hydrogen) atoms. The van der Waals surface area contributed by atoms with E-state index in [1.54, 1.807) is 29.8 Å². The van der Waals surface area contributed by atoms with Crippen LogP contribution in [0, 0.1) is 23.4 Å². The summed E-state index contributed by atoms with van der Waals surface area (Å²) in [5, 5.41) is 5.86. The van der Waals surface area contributed by atoms with Crippen LogP contribution in [-0.2, 0) is 4.79 Å². The van der Waals surface area contributed by atoms with E-state index in [2.05, 4.69) is 25.6 Å². The molecule has 1 amide bonds. The fraction of sp³-hybridized carbons (Fsp3) is 0.478. The first-order valence-electron chi connectivity index (χ1n) is 11.3. The molecule has 0 spiro atoms. The van der Waals surface area contributed by atoms with Gasteiger partial charge in [0.1, 0.15) is 17.0 Å². The molecule has 11 heteroatoms. The molecule has 0 unspecified atom stereocenters. The van der Waals surface area contributed by atoms with Gasteiger partial charge in [-0.3, -0.25) is 9.36 Å². The molecule has 1 fully saturated rings. The average molecular weight is 476 g/mol. The third-order valence-corrected chi connectivity index (χ3v) is 5.95. The zero-order valence-electron chi connectivity index (χ0n) is 19.6. The normalized spacial score (nSPS) is 18.4. The van der Waals surface area contributed by atoms with Gasteiger partial charge in [0, 0.05) is 44.2 Å². The van der Waals surface area contributed by atoms with Crippen LogP contribution < -0.4 is 10.6 Å². The molecule has 8 nitrogen and oxygen atoms in total. The average Bonchev–Trinajstić information content (AvgIpc) is 3.12. The van der Waals surface area contributed by atoms with Gasteiger partial charge < -0.3 is 15.5 Å². The Labute approximate surface area is 195 Å². The second-order valence-corrected chi connectivity index (χ2v) is 9.11. The van der Waals surface area contributed by atoms with Gasteiger partial charge in [-0.15, -0.1) is 0 Å². The van der Waals surface area contributed by atoms with Crippen molar-refractivity contribution in [2.75, 3.05) is 24.7 Å². The fourth-order valence-electron chi connectivity index (χ4n) is 4.37. The Hall–Kier alpha value is -3.37. The quantitative estimate of drug-likeness (QED) is 0.541. The molecule has 2 N–H and O–H groups in total. The van der Waals surface area contributed by atoms with Crippen molar-refractivity contribution in [3.8, 4) is 0 Å². The highest BCUT2D eigenvalue weighted by molar-refractivity contribution is 5.79. The topological polar surface area (TPSA) is 88.0 Å². The minimum Gasteiger partial charge on any atom is -0.352 e. The zero-order valence-corrected chi connectivity index (χ0v) is 19.6. The molecule has 1 saturated carbocycles. The van der Waals surface area contributed by atoms with Crippen molar-refractivity contribution in [3.63, 3.8) is 0 Å². The lowest BCUT2D eigenvalue weighted by atomic mass is 9.85. The van der Waals surface area contributed by atoms with Crippen molar-refractivity contribution >= 4 is 34.7 Å². The Balaban J connectivity index is 1.74. The predicted molar refractivity (Wildman–Crippen MR) is 123 cm³/mol. The maximum absolute atomic E-state index is 14.4. The van der Waals surface area contributed by atoms with E-state index in [4.69, 9.17) is 0 Å². The third-order valence-electron chi connectivity index (χ3n) is 5.95. The van der Waals surface area contributed by atoms with E-state index < -0.39 is 23.1 Å². The molecule has 0 bridgehead atoms. The zero-order chi connectivity index (χ0) is 24.6. The highest BCUT2D eigenvalue weighted by atomic mass is 19.1. The van der Waals surface area contributed by atoms with Crippen LogP contribution in [0.25, 0.3) is 11.2 Å². The standard InChI is InChI=1S/C23H28F3N7O/c1-12(2)28-22-27-11-18-20(31-22)33(15-7-5-13(6-8-15)21(34)32(3)4)23(29-18)30-19-16(25)9-14(24)10-17(19)26/h9-13,15H,5-8H2,1-4H3,(H,29,30)(H,27,28,31). The fourth-order valence-corrected chi connectivity index (χ4v) is 4.37. The van der Waals surface area contributed by atoms with Gasteiger partial charge >= 0.3 is 0 Å². The summed E-state index contributed by atoms with van der Waals surface area (Å²) in [4.78, 5) is 27.4. The maximum Gasteiger partial charge on any atom is 0.225 e. The number of hydrogen-bond acceptors (Lipinski definition) is 6. The van der Waals surface area contributed by atoms with Crippen LogP contribution in [0.1, 0.15) is 45.6 Å². The van der Waals surface area contributed by atoms with Crippen molar-refractivity contribution < 1.29 is 18.0 Å². The van der Waals surface area contributed by atoms with E-state index in [1.807, 2.05) is 13.8 Å². The first-order valence-corrected chi connectivity index (χ1v) is 11.3. The molecule has 1 aliphatic carbocycles. The summed E-state index contributed by atoms with van der Waals surface area (Å²) < 4.78 is 44.0. The lowest BCUT2D eigenvalue weighted by molar-refractivity contribution is -0.134. The smallest absolute Gasteiger partial charge is 0.225 e. The highest BCUT2D eigenvalue weighted by Gasteiger charge is 2.31. The number of anilines is 3. The molecule has 2 heterocycles. The number of amides is 1. The molecule has 3 aromatic rings. The van der Waals surface area contributed by atoms with Gasteiger partial charge in [-0.05, 0) is 39.5 Å². The lowest BCUT2D eigenvalue weighted by Crippen LogP contribution is -2.32. The first kappa shape index (κ1) is 23.8. The van der Waals surface area contributed by atoms with Crippen LogP contribution in [0.3, 0.4) is 0 Å². The lowest BCUT2D eigenvalue weighted by Gasteiger charge is -2.31. The summed E-state index contributed by atoms with van der Waals surface area (Å²) in [6.45, 7) is 3.92. The van der Waals surface area contributed by atoms with Crippen molar-refractivity contribution in [3.05, 3.63) is 35.8 Å². The Kier molecular flexibility index (Phi) is 6.63. The number of benzene rings is 1. The molecule has 0 atom stereocenters. The number of imidazole rings is 1. The van der Waals surface area contributed by atoms with E-state index in [0.29, 0.717) is 54.9 Å². The van der Waals surface area contributed by atoms with Crippen LogP contribution in [0.4, 0.5) is 30.8 Å². The second kappa shape index (κ2) is 9.47. The SMILES string of the molecule is CC(C)Nc1ncc2nc(Nc3c(F)cc(F)cc3F)n(C3CCC(C(=O)N(C)C)CC3)c2n1. The number of rotatable bonds is 6. The van der Waals surface area contributed by atoms with Gasteiger partial charge in [-0.25, -0.2) is 23.1 Å². The monoisotopic (exact) mass is 475 g/mol. The van der Waals surface area contributed by atoms with Crippen LogP contribution in [0.2, 0.25) is 0 Å². The predicted octanol–water partition coefficient (Wildman–Crippen LogP) is 4.63.